The number of carbonyl (C=O) groups is 3. The summed E-state index contributed by atoms with van der Waals surface area (Å²) < 4.78 is 0. The quantitative estimate of drug-likeness (QED) is 0.546. The fourth-order valence-electron chi connectivity index (χ4n) is 0.980. The van der Waals surface area contributed by atoms with Crippen LogP contribution in [0.2, 0.25) is 0 Å². The fraction of sp³-hybridized carbons (Fsp3) is 0. The standard InChI is InChI=1S/C9H7NO5/c11-5-10-15-9(14)7-4-2-1-3-6(7)8(12)13/h1-5H,(H,10,11)(H,12,13). The average Bonchev–Trinajstić information content (AvgIpc) is 2.25. The third-order valence-corrected chi connectivity index (χ3v) is 1.58. The zero-order chi connectivity index (χ0) is 11.3. The van der Waals surface area contributed by atoms with Crippen molar-refractivity contribution in [3.63, 3.8) is 0 Å². The van der Waals surface area contributed by atoms with Crippen LogP contribution in [0.3, 0.4) is 0 Å². The molecule has 1 amide bonds. The molecule has 1 aromatic rings. The molecular weight excluding hydrogens is 202 g/mol. The number of hydroxylamine groups is 1. The molecule has 0 bridgehead atoms. The van der Waals surface area contributed by atoms with Crippen LogP contribution in [0.15, 0.2) is 24.3 Å². The molecule has 0 aliphatic carbocycles. The Morgan fingerprint density at radius 2 is 1.87 bits per heavy atom. The van der Waals surface area contributed by atoms with E-state index in [4.69, 9.17) is 5.11 Å². The second kappa shape index (κ2) is 4.75. The van der Waals surface area contributed by atoms with E-state index >= 15 is 0 Å². The number of amides is 1. The predicted molar refractivity (Wildman–Crippen MR) is 48.0 cm³/mol. The Labute approximate surface area is 84.4 Å². The highest BCUT2D eigenvalue weighted by atomic mass is 16.7. The van der Waals surface area contributed by atoms with Crippen molar-refractivity contribution in [1.29, 1.82) is 0 Å². The number of carbonyl (C=O) groups excluding carboxylic acids is 2. The number of aromatic carboxylic acids is 1. The second-order valence-corrected chi connectivity index (χ2v) is 2.48. The first kappa shape index (κ1) is 10.7. The third kappa shape index (κ3) is 2.53. The summed E-state index contributed by atoms with van der Waals surface area (Å²) >= 11 is 0. The third-order valence-electron chi connectivity index (χ3n) is 1.58. The second-order valence-electron chi connectivity index (χ2n) is 2.48. The summed E-state index contributed by atoms with van der Waals surface area (Å²) in [6, 6.07) is 5.52. The van der Waals surface area contributed by atoms with Gasteiger partial charge in [0, 0.05) is 0 Å². The van der Waals surface area contributed by atoms with Gasteiger partial charge in [-0.1, -0.05) is 12.1 Å². The van der Waals surface area contributed by atoms with Gasteiger partial charge in [0.2, 0.25) is 6.41 Å². The predicted octanol–water partition coefficient (Wildman–Crippen LogP) is 0.203. The van der Waals surface area contributed by atoms with Gasteiger partial charge in [-0.15, -0.1) is 0 Å². The Kier molecular flexibility index (Phi) is 3.39. The van der Waals surface area contributed by atoms with Gasteiger partial charge in [-0.25, -0.2) is 9.59 Å². The summed E-state index contributed by atoms with van der Waals surface area (Å²) in [5.74, 6) is -2.17. The smallest absolute Gasteiger partial charge is 0.363 e. The zero-order valence-corrected chi connectivity index (χ0v) is 7.47. The van der Waals surface area contributed by atoms with Gasteiger partial charge in [-0.2, -0.15) is 5.48 Å². The van der Waals surface area contributed by atoms with Crippen LogP contribution in [0.25, 0.3) is 0 Å². The van der Waals surface area contributed by atoms with Gasteiger partial charge in [0.15, 0.2) is 0 Å². The lowest BCUT2D eigenvalue weighted by Crippen LogP contribution is -2.20. The Morgan fingerprint density at radius 3 is 2.40 bits per heavy atom. The Bertz CT molecular complexity index is 401. The minimum absolute atomic E-state index is 0.126. The molecule has 0 radical (unpaired) electrons. The monoisotopic (exact) mass is 209 g/mol. The highest BCUT2D eigenvalue weighted by Gasteiger charge is 2.16. The molecule has 0 spiro atoms. The maximum Gasteiger partial charge on any atom is 0.363 e. The summed E-state index contributed by atoms with van der Waals surface area (Å²) in [5.41, 5.74) is 1.38. The first-order valence-corrected chi connectivity index (χ1v) is 3.89. The van der Waals surface area contributed by atoms with E-state index in [-0.39, 0.29) is 17.5 Å². The van der Waals surface area contributed by atoms with Crippen LogP contribution in [-0.4, -0.2) is 23.5 Å². The number of carboxylic acid groups (broad SMARTS) is 1. The van der Waals surface area contributed by atoms with Crippen LogP contribution in [0.4, 0.5) is 0 Å². The largest absolute Gasteiger partial charge is 0.478 e. The van der Waals surface area contributed by atoms with Gasteiger partial charge in [-0.3, -0.25) is 4.79 Å². The van der Waals surface area contributed by atoms with E-state index in [1.54, 1.807) is 5.48 Å². The molecule has 2 N–H and O–H groups in total. The van der Waals surface area contributed by atoms with Crippen molar-refractivity contribution >= 4 is 18.3 Å². The molecule has 0 saturated heterocycles. The minimum atomic E-state index is -1.24. The first-order chi connectivity index (χ1) is 7.16. The highest BCUT2D eigenvalue weighted by Crippen LogP contribution is 2.09. The molecule has 78 valence electrons. The molecule has 6 heteroatoms. The van der Waals surface area contributed by atoms with E-state index in [2.05, 4.69) is 4.84 Å². The Morgan fingerprint density at radius 1 is 1.27 bits per heavy atom. The molecule has 15 heavy (non-hydrogen) atoms. The SMILES string of the molecule is O=CNOC(=O)c1ccccc1C(=O)O. The molecule has 0 atom stereocenters. The molecule has 0 fully saturated rings. The van der Waals surface area contributed by atoms with Gasteiger partial charge in [0.05, 0.1) is 11.1 Å². The van der Waals surface area contributed by atoms with Crippen molar-refractivity contribution in [2.24, 2.45) is 0 Å². The van der Waals surface area contributed by atoms with Gasteiger partial charge in [0.1, 0.15) is 0 Å². The van der Waals surface area contributed by atoms with Crippen molar-refractivity contribution in [2.45, 2.75) is 0 Å². The lowest BCUT2D eigenvalue weighted by molar-refractivity contribution is -0.117. The number of rotatable bonds is 4. The number of hydrogen-bond donors (Lipinski definition) is 2. The number of benzene rings is 1. The fourth-order valence-corrected chi connectivity index (χ4v) is 0.980. The van der Waals surface area contributed by atoms with Crippen molar-refractivity contribution in [2.75, 3.05) is 0 Å². The minimum Gasteiger partial charge on any atom is -0.478 e. The normalized spacial score (nSPS) is 9.07. The molecule has 0 aliphatic rings. The summed E-state index contributed by atoms with van der Waals surface area (Å²) in [7, 11) is 0. The molecule has 1 rings (SSSR count). The Hall–Kier alpha value is -2.37. The lowest BCUT2D eigenvalue weighted by Gasteiger charge is -2.03. The van der Waals surface area contributed by atoms with Crippen molar-refractivity contribution in [3.8, 4) is 0 Å². The van der Waals surface area contributed by atoms with E-state index in [1.807, 2.05) is 0 Å². The van der Waals surface area contributed by atoms with Crippen LogP contribution in [-0.2, 0) is 9.63 Å². The average molecular weight is 209 g/mol. The maximum absolute atomic E-state index is 11.2. The van der Waals surface area contributed by atoms with Crippen LogP contribution in [0, 0.1) is 0 Å². The molecular formula is C9H7NO5. The van der Waals surface area contributed by atoms with Crippen molar-refractivity contribution in [3.05, 3.63) is 35.4 Å². The van der Waals surface area contributed by atoms with Crippen molar-refractivity contribution < 1.29 is 24.3 Å². The Balaban J connectivity index is 2.97. The van der Waals surface area contributed by atoms with Crippen LogP contribution in [0.1, 0.15) is 20.7 Å². The van der Waals surface area contributed by atoms with Crippen LogP contribution < -0.4 is 5.48 Å². The molecule has 1 aromatic carbocycles. The van der Waals surface area contributed by atoms with E-state index in [1.165, 1.54) is 24.3 Å². The molecule has 0 unspecified atom stereocenters. The summed E-state index contributed by atoms with van der Waals surface area (Å²) in [5, 5.41) is 8.74. The molecule has 0 saturated carbocycles. The van der Waals surface area contributed by atoms with E-state index in [9.17, 15) is 14.4 Å². The van der Waals surface area contributed by atoms with Gasteiger partial charge < -0.3 is 9.94 Å². The molecule has 0 aliphatic heterocycles. The first-order valence-electron chi connectivity index (χ1n) is 3.89. The van der Waals surface area contributed by atoms with Gasteiger partial charge >= 0.3 is 11.9 Å². The van der Waals surface area contributed by atoms with E-state index in [0.717, 1.165) is 0 Å². The number of nitrogens with one attached hydrogen (secondary N) is 1. The lowest BCUT2D eigenvalue weighted by atomic mass is 10.1. The zero-order valence-electron chi connectivity index (χ0n) is 7.47. The van der Waals surface area contributed by atoms with Crippen LogP contribution >= 0.6 is 0 Å². The summed E-state index contributed by atoms with van der Waals surface area (Å²) in [6.07, 6.45) is 0.168. The number of hydrogen-bond acceptors (Lipinski definition) is 4. The molecule has 0 aromatic heterocycles. The number of carboxylic acids is 1. The molecule has 0 heterocycles. The van der Waals surface area contributed by atoms with Crippen LogP contribution in [0.5, 0.6) is 0 Å². The van der Waals surface area contributed by atoms with E-state index in [0.29, 0.717) is 0 Å². The molecule has 6 nitrogen and oxygen atoms in total. The van der Waals surface area contributed by atoms with Gasteiger partial charge in [-0.05, 0) is 12.1 Å². The van der Waals surface area contributed by atoms with Crippen molar-refractivity contribution in [1.82, 2.24) is 5.48 Å². The maximum atomic E-state index is 11.2. The summed E-state index contributed by atoms with van der Waals surface area (Å²) in [6.45, 7) is 0. The van der Waals surface area contributed by atoms with Gasteiger partial charge in [0.25, 0.3) is 0 Å². The van der Waals surface area contributed by atoms with E-state index < -0.39 is 11.9 Å². The summed E-state index contributed by atoms with van der Waals surface area (Å²) in [4.78, 5) is 36.0. The topological polar surface area (TPSA) is 92.7 Å². The highest BCUT2D eigenvalue weighted by molar-refractivity contribution is 6.02.